The van der Waals surface area contributed by atoms with Gasteiger partial charge in [0.25, 0.3) is 0 Å². The van der Waals surface area contributed by atoms with Gasteiger partial charge in [0.15, 0.2) is 0 Å². The highest BCUT2D eigenvalue weighted by Crippen LogP contribution is 2.29. The number of hydrogen-bond acceptors (Lipinski definition) is 4. The number of hydrogen-bond donors (Lipinski definition) is 1. The van der Waals surface area contributed by atoms with Gasteiger partial charge in [-0.25, -0.2) is 0 Å². The van der Waals surface area contributed by atoms with Gasteiger partial charge in [-0.2, -0.15) is 0 Å². The van der Waals surface area contributed by atoms with Crippen LogP contribution in [0.25, 0.3) is 0 Å². The molecule has 0 aromatic heterocycles. The first-order chi connectivity index (χ1) is 11.7. The van der Waals surface area contributed by atoms with Crippen molar-refractivity contribution in [2.24, 2.45) is 5.92 Å². The number of carbonyl (C=O) groups excluding carboxylic acids is 2. The molecule has 2 aliphatic heterocycles. The van der Waals surface area contributed by atoms with E-state index in [0.717, 1.165) is 51.1 Å². The smallest absolute Gasteiger partial charge is 0.234 e. The SMILES string of the molecule is CCCCCCC=C(C1CC(=O)NC1=O)C(CC)N1CCOCC1. The third-order valence-electron chi connectivity index (χ3n) is 5.07. The highest BCUT2D eigenvalue weighted by atomic mass is 16.5. The van der Waals surface area contributed by atoms with Crippen molar-refractivity contribution in [1.29, 1.82) is 0 Å². The summed E-state index contributed by atoms with van der Waals surface area (Å²) in [5.74, 6) is -0.540. The van der Waals surface area contributed by atoms with Crippen molar-refractivity contribution in [3.8, 4) is 0 Å². The molecule has 136 valence electrons. The van der Waals surface area contributed by atoms with E-state index in [-0.39, 0.29) is 23.8 Å². The molecule has 0 radical (unpaired) electrons. The Balaban J connectivity index is 2.11. The second-order valence-corrected chi connectivity index (χ2v) is 6.79. The number of nitrogens with one attached hydrogen (secondary N) is 1. The van der Waals surface area contributed by atoms with E-state index >= 15 is 0 Å². The van der Waals surface area contributed by atoms with E-state index in [0.29, 0.717) is 6.42 Å². The van der Waals surface area contributed by atoms with Gasteiger partial charge in [-0.3, -0.25) is 19.8 Å². The van der Waals surface area contributed by atoms with Gasteiger partial charge in [0, 0.05) is 25.6 Å². The lowest BCUT2D eigenvalue weighted by Crippen LogP contribution is -2.45. The summed E-state index contributed by atoms with van der Waals surface area (Å²) in [7, 11) is 0. The highest BCUT2D eigenvalue weighted by molar-refractivity contribution is 6.05. The lowest BCUT2D eigenvalue weighted by molar-refractivity contribution is -0.125. The molecule has 2 fully saturated rings. The fourth-order valence-corrected chi connectivity index (χ4v) is 3.77. The molecule has 0 aromatic carbocycles. The van der Waals surface area contributed by atoms with Crippen LogP contribution in [-0.2, 0) is 14.3 Å². The minimum absolute atomic E-state index is 0.119. The van der Waals surface area contributed by atoms with E-state index in [4.69, 9.17) is 4.74 Å². The summed E-state index contributed by atoms with van der Waals surface area (Å²) < 4.78 is 5.47. The van der Waals surface area contributed by atoms with Crippen molar-refractivity contribution in [1.82, 2.24) is 10.2 Å². The largest absolute Gasteiger partial charge is 0.379 e. The molecule has 0 bridgehead atoms. The molecule has 2 saturated heterocycles. The average molecular weight is 336 g/mol. The third kappa shape index (κ3) is 5.15. The number of unbranched alkanes of at least 4 members (excludes halogenated alkanes) is 4. The van der Waals surface area contributed by atoms with Crippen LogP contribution >= 0.6 is 0 Å². The van der Waals surface area contributed by atoms with Gasteiger partial charge in [-0.15, -0.1) is 0 Å². The molecule has 0 aromatic rings. The van der Waals surface area contributed by atoms with Crippen molar-refractivity contribution in [3.05, 3.63) is 11.6 Å². The Hall–Kier alpha value is -1.20. The second-order valence-electron chi connectivity index (χ2n) is 6.79. The van der Waals surface area contributed by atoms with E-state index < -0.39 is 0 Å². The van der Waals surface area contributed by atoms with Crippen molar-refractivity contribution in [2.45, 2.75) is 64.8 Å². The van der Waals surface area contributed by atoms with Gasteiger partial charge in [-0.1, -0.05) is 39.2 Å². The monoisotopic (exact) mass is 336 g/mol. The lowest BCUT2D eigenvalue weighted by atomic mass is 9.87. The first kappa shape index (κ1) is 19.1. The number of morpholine rings is 1. The molecule has 2 rings (SSSR count). The van der Waals surface area contributed by atoms with Crippen LogP contribution in [0, 0.1) is 5.92 Å². The molecular weight excluding hydrogens is 304 g/mol. The van der Waals surface area contributed by atoms with Crippen LogP contribution in [0.5, 0.6) is 0 Å². The fraction of sp³-hybridized carbons (Fsp3) is 0.789. The summed E-state index contributed by atoms with van der Waals surface area (Å²) in [5.41, 5.74) is 1.15. The zero-order valence-electron chi connectivity index (χ0n) is 15.2. The number of amides is 2. The zero-order chi connectivity index (χ0) is 17.4. The van der Waals surface area contributed by atoms with Crippen molar-refractivity contribution < 1.29 is 14.3 Å². The summed E-state index contributed by atoms with van der Waals surface area (Å²) in [4.78, 5) is 26.3. The van der Waals surface area contributed by atoms with Gasteiger partial charge in [0.05, 0.1) is 19.1 Å². The first-order valence-corrected chi connectivity index (χ1v) is 9.52. The van der Waals surface area contributed by atoms with Crippen LogP contribution in [0.4, 0.5) is 0 Å². The number of ether oxygens (including phenoxy) is 1. The Kier molecular flexibility index (Phi) is 7.92. The number of nitrogens with zero attached hydrogens (tertiary/aromatic N) is 1. The van der Waals surface area contributed by atoms with Gasteiger partial charge < -0.3 is 4.74 Å². The Morgan fingerprint density at radius 1 is 1.25 bits per heavy atom. The maximum absolute atomic E-state index is 12.2. The average Bonchev–Trinajstić information content (AvgIpc) is 2.92. The molecule has 2 unspecified atom stereocenters. The molecule has 1 N–H and O–H groups in total. The molecule has 2 aliphatic rings. The Morgan fingerprint density at radius 2 is 2.00 bits per heavy atom. The minimum Gasteiger partial charge on any atom is -0.379 e. The molecule has 2 heterocycles. The van der Waals surface area contributed by atoms with Crippen LogP contribution in [0.3, 0.4) is 0 Å². The number of imide groups is 1. The van der Waals surface area contributed by atoms with Crippen molar-refractivity contribution >= 4 is 11.8 Å². The topological polar surface area (TPSA) is 58.6 Å². The molecule has 2 amide bonds. The van der Waals surface area contributed by atoms with Crippen LogP contribution < -0.4 is 5.32 Å². The van der Waals surface area contributed by atoms with Gasteiger partial charge in [0.1, 0.15) is 0 Å². The number of carbonyl (C=O) groups is 2. The third-order valence-corrected chi connectivity index (χ3v) is 5.07. The summed E-state index contributed by atoms with van der Waals surface area (Å²) in [6.45, 7) is 7.66. The predicted octanol–water partition coefficient (Wildman–Crippen LogP) is 2.66. The molecule has 0 spiro atoms. The van der Waals surface area contributed by atoms with E-state index in [1.165, 1.54) is 19.3 Å². The first-order valence-electron chi connectivity index (χ1n) is 9.52. The molecule has 24 heavy (non-hydrogen) atoms. The van der Waals surface area contributed by atoms with Crippen LogP contribution in [-0.4, -0.2) is 49.1 Å². The van der Waals surface area contributed by atoms with E-state index in [1.807, 2.05) is 0 Å². The second kappa shape index (κ2) is 9.94. The maximum atomic E-state index is 12.2. The summed E-state index contributed by atoms with van der Waals surface area (Å²) in [5, 5.41) is 2.48. The normalized spacial score (nSPS) is 24.2. The standard InChI is InChI=1S/C19H32N2O3/c1-3-5-6-7-8-9-15(16-14-18(22)20-19(16)23)17(4-2)21-10-12-24-13-11-21/h9,16-17H,3-8,10-14H2,1-2H3,(H,20,22,23). The molecule has 5 nitrogen and oxygen atoms in total. The molecule has 5 heteroatoms. The van der Waals surface area contributed by atoms with Crippen molar-refractivity contribution in [2.75, 3.05) is 26.3 Å². The van der Waals surface area contributed by atoms with E-state index in [9.17, 15) is 9.59 Å². The molecule has 2 atom stereocenters. The van der Waals surface area contributed by atoms with Crippen LogP contribution in [0.15, 0.2) is 11.6 Å². The Bertz CT molecular complexity index is 456. The summed E-state index contributed by atoms with van der Waals surface area (Å²) in [6, 6.07) is 0.238. The number of rotatable bonds is 9. The predicted molar refractivity (Wildman–Crippen MR) is 94.6 cm³/mol. The number of allylic oxidation sites excluding steroid dienone is 1. The quantitative estimate of drug-likeness (QED) is 0.399. The summed E-state index contributed by atoms with van der Waals surface area (Å²) >= 11 is 0. The highest BCUT2D eigenvalue weighted by Gasteiger charge is 2.37. The molecule has 0 aliphatic carbocycles. The van der Waals surface area contributed by atoms with Crippen molar-refractivity contribution in [3.63, 3.8) is 0 Å². The lowest BCUT2D eigenvalue weighted by Gasteiger charge is -2.36. The van der Waals surface area contributed by atoms with E-state index in [1.54, 1.807) is 0 Å². The summed E-state index contributed by atoms with van der Waals surface area (Å²) in [6.07, 6.45) is 9.37. The molecular formula is C19H32N2O3. The van der Waals surface area contributed by atoms with Gasteiger partial charge in [-0.05, 0) is 24.8 Å². The Morgan fingerprint density at radius 3 is 2.58 bits per heavy atom. The van der Waals surface area contributed by atoms with Crippen LogP contribution in [0.1, 0.15) is 58.8 Å². The maximum Gasteiger partial charge on any atom is 0.234 e. The zero-order valence-corrected chi connectivity index (χ0v) is 15.2. The van der Waals surface area contributed by atoms with Crippen LogP contribution in [0.2, 0.25) is 0 Å². The van der Waals surface area contributed by atoms with Gasteiger partial charge >= 0.3 is 0 Å². The fourth-order valence-electron chi connectivity index (χ4n) is 3.77. The molecule has 0 saturated carbocycles. The van der Waals surface area contributed by atoms with Gasteiger partial charge in [0.2, 0.25) is 11.8 Å². The van der Waals surface area contributed by atoms with E-state index in [2.05, 4.69) is 30.1 Å². The minimum atomic E-state index is -0.281. The Labute approximate surface area is 145 Å².